The summed E-state index contributed by atoms with van der Waals surface area (Å²) in [7, 11) is 0. The lowest BCUT2D eigenvalue weighted by atomic mass is 10.1. The van der Waals surface area contributed by atoms with Gasteiger partial charge in [0.1, 0.15) is 5.75 Å². The largest absolute Gasteiger partial charge is 0.439 e. The smallest absolute Gasteiger partial charge is 0.227 e. The lowest BCUT2D eigenvalue weighted by Gasteiger charge is -2.28. The molecule has 1 aliphatic heterocycles. The summed E-state index contributed by atoms with van der Waals surface area (Å²) in [4.78, 5) is 2.27. The van der Waals surface area contributed by atoms with Gasteiger partial charge in [0.2, 0.25) is 5.88 Å². The lowest BCUT2D eigenvalue weighted by molar-refractivity contribution is -0.00407. The number of hydrogen-bond donors (Lipinski definition) is 1. The molecule has 0 radical (unpaired) electrons. The average molecular weight is 508 g/mol. The second-order valence-electron chi connectivity index (χ2n) is 10.2. The van der Waals surface area contributed by atoms with Gasteiger partial charge >= 0.3 is 0 Å². The van der Waals surface area contributed by atoms with E-state index in [2.05, 4.69) is 25.7 Å². The second-order valence-corrected chi connectivity index (χ2v) is 10.2. The Labute approximate surface area is 221 Å². The lowest BCUT2D eigenvalue weighted by Crippen LogP contribution is -2.39. The van der Waals surface area contributed by atoms with Crippen molar-refractivity contribution in [1.29, 1.82) is 0 Å². The Hall–Kier alpha value is -2.71. The van der Waals surface area contributed by atoms with Crippen LogP contribution in [0.25, 0.3) is 5.69 Å². The Morgan fingerprint density at radius 1 is 1.08 bits per heavy atom. The first-order valence-corrected chi connectivity index (χ1v) is 13.5. The maximum absolute atomic E-state index is 10.8. The van der Waals surface area contributed by atoms with Gasteiger partial charge < -0.3 is 19.3 Å². The predicted octanol–water partition coefficient (Wildman–Crippen LogP) is 5.24. The van der Waals surface area contributed by atoms with Crippen LogP contribution in [0, 0.1) is 5.92 Å². The van der Waals surface area contributed by atoms with Crippen LogP contribution in [-0.2, 0) is 22.4 Å². The third kappa shape index (κ3) is 7.89. The number of benzene rings is 2. The Morgan fingerprint density at radius 2 is 1.81 bits per heavy atom. The molecule has 0 saturated carbocycles. The molecule has 4 rings (SSSR count). The van der Waals surface area contributed by atoms with E-state index in [1.165, 1.54) is 0 Å². The molecule has 0 aliphatic carbocycles. The van der Waals surface area contributed by atoms with E-state index in [0.29, 0.717) is 38.1 Å². The molecule has 1 N–H and O–H groups in total. The van der Waals surface area contributed by atoms with Crippen LogP contribution in [0.4, 0.5) is 0 Å². The SMILES string of the molecule is CCc1nn(-c2ccccc2)c(Oc2ccccc2)c1CN(C[C@@H](O)COCC(C)C)C[C@H]1CCCO1. The number of para-hydroxylation sites is 2. The van der Waals surface area contributed by atoms with Gasteiger partial charge in [-0.25, -0.2) is 4.68 Å². The Balaban J connectivity index is 1.63. The molecule has 7 heteroatoms. The zero-order chi connectivity index (χ0) is 26.0. The minimum Gasteiger partial charge on any atom is -0.439 e. The summed E-state index contributed by atoms with van der Waals surface area (Å²) in [6.45, 7) is 9.92. The van der Waals surface area contributed by atoms with Gasteiger partial charge in [0.25, 0.3) is 0 Å². The molecule has 1 saturated heterocycles. The third-order valence-electron chi connectivity index (χ3n) is 6.41. The summed E-state index contributed by atoms with van der Waals surface area (Å²) in [6, 6.07) is 19.9. The molecule has 1 fully saturated rings. The summed E-state index contributed by atoms with van der Waals surface area (Å²) in [5.41, 5.74) is 2.96. The molecule has 37 heavy (non-hydrogen) atoms. The molecular weight excluding hydrogens is 466 g/mol. The van der Waals surface area contributed by atoms with Gasteiger partial charge in [-0.15, -0.1) is 0 Å². The van der Waals surface area contributed by atoms with Gasteiger partial charge in [0.15, 0.2) is 0 Å². The van der Waals surface area contributed by atoms with Crippen molar-refractivity contribution in [2.75, 3.05) is 32.9 Å². The first-order valence-electron chi connectivity index (χ1n) is 13.5. The molecule has 0 unspecified atom stereocenters. The zero-order valence-electron chi connectivity index (χ0n) is 22.4. The van der Waals surface area contributed by atoms with E-state index in [0.717, 1.165) is 55.1 Å². The number of nitrogens with zero attached hydrogens (tertiary/aromatic N) is 3. The van der Waals surface area contributed by atoms with Crippen molar-refractivity contribution in [3.8, 4) is 17.3 Å². The molecule has 1 aromatic heterocycles. The van der Waals surface area contributed by atoms with E-state index in [9.17, 15) is 5.11 Å². The number of aliphatic hydroxyl groups excluding tert-OH is 1. The second kappa shape index (κ2) is 13.7. The van der Waals surface area contributed by atoms with E-state index in [1.54, 1.807) is 0 Å². The highest BCUT2D eigenvalue weighted by atomic mass is 16.5. The molecular formula is C30H41N3O4. The number of ether oxygens (including phenoxy) is 3. The quantitative estimate of drug-likeness (QED) is 0.322. The monoisotopic (exact) mass is 507 g/mol. The maximum atomic E-state index is 10.8. The van der Waals surface area contributed by atoms with E-state index in [-0.39, 0.29) is 6.10 Å². The first kappa shape index (κ1) is 27.3. The predicted molar refractivity (Wildman–Crippen MR) is 145 cm³/mol. The van der Waals surface area contributed by atoms with Gasteiger partial charge in [0, 0.05) is 32.8 Å². The molecule has 0 bridgehead atoms. The molecule has 3 aromatic rings. The summed E-state index contributed by atoms with van der Waals surface area (Å²) >= 11 is 0. The maximum Gasteiger partial charge on any atom is 0.227 e. The van der Waals surface area contributed by atoms with E-state index >= 15 is 0 Å². The Kier molecular flexibility index (Phi) is 10.1. The fourth-order valence-electron chi connectivity index (χ4n) is 4.66. The van der Waals surface area contributed by atoms with E-state index < -0.39 is 6.10 Å². The number of hydrogen-bond acceptors (Lipinski definition) is 6. The van der Waals surface area contributed by atoms with Crippen molar-refractivity contribution in [1.82, 2.24) is 14.7 Å². The third-order valence-corrected chi connectivity index (χ3v) is 6.41. The summed E-state index contributed by atoms with van der Waals surface area (Å²) < 4.78 is 20.1. The van der Waals surface area contributed by atoms with Crippen LogP contribution < -0.4 is 4.74 Å². The van der Waals surface area contributed by atoms with Crippen molar-refractivity contribution in [2.24, 2.45) is 5.92 Å². The highest BCUT2D eigenvalue weighted by Gasteiger charge is 2.26. The standard InChI is InChI=1S/C30H41N3O4/c1-4-29-28(20-32(19-27-16-11-17-36-27)18-25(34)22-35-21-23(2)3)30(37-26-14-9-6-10-15-26)33(31-29)24-12-7-5-8-13-24/h5-10,12-15,23,25,27,34H,4,11,16-22H2,1-3H3/t25-,27-/m1/s1. The van der Waals surface area contributed by atoms with Crippen LogP contribution in [0.5, 0.6) is 11.6 Å². The van der Waals surface area contributed by atoms with E-state index in [1.807, 2.05) is 65.3 Å². The van der Waals surface area contributed by atoms with Crippen LogP contribution in [0.3, 0.4) is 0 Å². The van der Waals surface area contributed by atoms with Crippen molar-refractivity contribution < 1.29 is 19.3 Å². The Bertz CT molecular complexity index is 1070. The zero-order valence-corrected chi connectivity index (χ0v) is 22.4. The molecule has 1 aliphatic rings. The van der Waals surface area contributed by atoms with Crippen LogP contribution in [-0.4, -0.2) is 64.9 Å². The molecule has 0 spiro atoms. The average Bonchev–Trinajstić information content (AvgIpc) is 3.53. The minimum atomic E-state index is -0.590. The number of aromatic nitrogens is 2. The number of rotatable bonds is 14. The minimum absolute atomic E-state index is 0.163. The fraction of sp³-hybridized carbons (Fsp3) is 0.500. The molecule has 2 aromatic carbocycles. The topological polar surface area (TPSA) is 69.0 Å². The molecule has 7 nitrogen and oxygen atoms in total. The number of aryl methyl sites for hydroxylation is 1. The van der Waals surface area contributed by atoms with Gasteiger partial charge in [0.05, 0.1) is 35.8 Å². The van der Waals surface area contributed by atoms with E-state index in [4.69, 9.17) is 19.3 Å². The van der Waals surface area contributed by atoms with Crippen molar-refractivity contribution in [3.63, 3.8) is 0 Å². The van der Waals surface area contributed by atoms with Gasteiger partial charge in [-0.2, -0.15) is 5.10 Å². The highest BCUT2D eigenvalue weighted by molar-refractivity contribution is 5.43. The molecule has 2 atom stereocenters. The summed E-state index contributed by atoms with van der Waals surface area (Å²) in [5, 5.41) is 15.8. The summed E-state index contributed by atoms with van der Waals surface area (Å²) in [6.07, 6.45) is 2.46. The van der Waals surface area contributed by atoms with Gasteiger partial charge in [-0.3, -0.25) is 4.90 Å². The number of aliphatic hydroxyl groups is 1. The molecule has 200 valence electrons. The van der Waals surface area contributed by atoms with Gasteiger partial charge in [-0.05, 0) is 49.4 Å². The Morgan fingerprint density at radius 3 is 2.46 bits per heavy atom. The summed E-state index contributed by atoms with van der Waals surface area (Å²) in [5.74, 6) is 1.90. The van der Waals surface area contributed by atoms with Crippen LogP contribution in [0.2, 0.25) is 0 Å². The normalized spacial score (nSPS) is 16.5. The highest BCUT2D eigenvalue weighted by Crippen LogP contribution is 2.32. The van der Waals surface area contributed by atoms with Crippen LogP contribution in [0.1, 0.15) is 44.9 Å². The fourth-order valence-corrected chi connectivity index (χ4v) is 4.66. The van der Waals surface area contributed by atoms with Crippen molar-refractivity contribution in [3.05, 3.63) is 71.9 Å². The van der Waals surface area contributed by atoms with Crippen LogP contribution >= 0.6 is 0 Å². The van der Waals surface area contributed by atoms with Crippen molar-refractivity contribution >= 4 is 0 Å². The van der Waals surface area contributed by atoms with Crippen molar-refractivity contribution in [2.45, 2.75) is 58.8 Å². The molecule has 0 amide bonds. The van der Waals surface area contributed by atoms with Gasteiger partial charge in [-0.1, -0.05) is 57.2 Å². The first-order chi connectivity index (χ1) is 18.0. The van der Waals surface area contributed by atoms with Crippen LogP contribution in [0.15, 0.2) is 60.7 Å². The molecule has 2 heterocycles.